The van der Waals surface area contributed by atoms with Crippen LogP contribution < -0.4 is 0 Å². The van der Waals surface area contributed by atoms with Crippen molar-refractivity contribution in [1.29, 1.82) is 0 Å². The van der Waals surface area contributed by atoms with Crippen molar-refractivity contribution in [2.24, 2.45) is 0 Å². The first kappa shape index (κ1) is 13.0. The third kappa shape index (κ3) is 2.64. The molecule has 0 aromatic rings. The number of hydrogen-bond donors (Lipinski definition) is 0. The second-order valence-corrected chi connectivity index (χ2v) is 8.69. The van der Waals surface area contributed by atoms with Gasteiger partial charge in [0, 0.05) is 49.2 Å². The normalized spacial score (nSPS) is 31.8. The lowest BCUT2D eigenvalue weighted by Gasteiger charge is -2.50. The smallest absolute Gasteiger partial charge is 0.122 e. The Labute approximate surface area is 118 Å². The fourth-order valence-corrected chi connectivity index (χ4v) is 6.58. The third-order valence-corrected chi connectivity index (χ3v) is 7.55. The Morgan fingerprint density at radius 1 is 0.706 bits per heavy atom. The van der Waals surface area contributed by atoms with E-state index in [0.717, 1.165) is 0 Å². The van der Waals surface area contributed by atoms with E-state index in [4.69, 9.17) is 0 Å². The molecular formula is C12H22N2S3. The van der Waals surface area contributed by atoms with Crippen LogP contribution >= 0.6 is 35.3 Å². The average Bonchev–Trinajstić information content (AvgIpc) is 2.91. The minimum Gasteiger partial charge on any atom is -0.275 e. The quantitative estimate of drug-likeness (QED) is 0.767. The Morgan fingerprint density at radius 3 is 1.65 bits per heavy atom. The molecule has 0 aliphatic carbocycles. The summed E-state index contributed by atoms with van der Waals surface area (Å²) < 4.78 is 0. The molecule has 3 rings (SSSR count). The van der Waals surface area contributed by atoms with E-state index in [1.807, 2.05) is 0 Å². The van der Waals surface area contributed by atoms with Crippen molar-refractivity contribution >= 4 is 35.3 Å². The lowest BCUT2D eigenvalue weighted by molar-refractivity contribution is 0.0242. The fourth-order valence-electron chi connectivity index (χ4n) is 3.13. The van der Waals surface area contributed by atoms with Crippen LogP contribution in [0.1, 0.15) is 12.8 Å². The summed E-state index contributed by atoms with van der Waals surface area (Å²) in [7, 11) is 0. The van der Waals surface area contributed by atoms with Crippen LogP contribution in [-0.4, -0.2) is 69.7 Å². The first-order valence-corrected chi connectivity index (χ1v) is 10.0. The van der Waals surface area contributed by atoms with E-state index >= 15 is 0 Å². The predicted octanol–water partition coefficient (Wildman–Crippen LogP) is 2.26. The molecule has 0 bridgehead atoms. The van der Waals surface area contributed by atoms with Gasteiger partial charge in [0.1, 0.15) is 4.99 Å². The van der Waals surface area contributed by atoms with Crippen molar-refractivity contribution in [2.75, 3.05) is 54.9 Å². The van der Waals surface area contributed by atoms with Gasteiger partial charge in [0.25, 0.3) is 0 Å². The summed E-state index contributed by atoms with van der Waals surface area (Å²) in [5.41, 5.74) is 0. The molecule has 3 aliphatic rings. The number of nitrogens with zero attached hydrogens (tertiary/aromatic N) is 2. The van der Waals surface area contributed by atoms with Crippen LogP contribution in [0.2, 0.25) is 0 Å². The summed E-state index contributed by atoms with van der Waals surface area (Å²) >= 11 is 6.49. The molecule has 3 heterocycles. The van der Waals surface area contributed by atoms with Crippen LogP contribution in [0.3, 0.4) is 0 Å². The molecule has 0 amide bonds. The Morgan fingerprint density at radius 2 is 1.24 bits per heavy atom. The first-order chi connectivity index (χ1) is 8.42. The van der Waals surface area contributed by atoms with Crippen LogP contribution in [0, 0.1) is 0 Å². The summed E-state index contributed by atoms with van der Waals surface area (Å²) in [5.74, 6) is 6.72. The van der Waals surface area contributed by atoms with Crippen molar-refractivity contribution in [2.45, 2.75) is 17.8 Å². The summed E-state index contributed by atoms with van der Waals surface area (Å²) in [6.45, 7) is 5.23. The highest BCUT2D eigenvalue weighted by molar-refractivity contribution is 8.01. The van der Waals surface area contributed by atoms with Gasteiger partial charge in [-0.15, -0.1) is 11.8 Å². The van der Waals surface area contributed by atoms with Crippen molar-refractivity contribution in [3.63, 3.8) is 0 Å². The molecule has 0 unspecified atom stereocenters. The maximum Gasteiger partial charge on any atom is 0.122 e. The van der Waals surface area contributed by atoms with E-state index in [-0.39, 0.29) is 0 Å². The molecular weight excluding hydrogens is 268 g/mol. The lowest BCUT2D eigenvalue weighted by atomic mass is 10.2. The lowest BCUT2D eigenvalue weighted by Crippen LogP contribution is -2.61. The minimum absolute atomic E-state index is 0.391. The van der Waals surface area contributed by atoms with Gasteiger partial charge < -0.3 is 0 Å². The van der Waals surface area contributed by atoms with E-state index in [1.165, 1.54) is 67.8 Å². The predicted molar refractivity (Wildman–Crippen MR) is 82.2 cm³/mol. The Balaban J connectivity index is 1.75. The molecule has 0 N–H and O–H groups in total. The standard InChI is InChI=1S/C12H22N2S3/c1-2-12(17-7-1,13-3-8-15-9-4-13)14-5-10-16-11-6-14/h1-11H2. The molecule has 2 nitrogen and oxygen atoms in total. The zero-order valence-electron chi connectivity index (χ0n) is 10.4. The molecule has 17 heavy (non-hydrogen) atoms. The van der Waals surface area contributed by atoms with Crippen molar-refractivity contribution in [3.05, 3.63) is 0 Å². The molecule has 5 heteroatoms. The van der Waals surface area contributed by atoms with Crippen molar-refractivity contribution < 1.29 is 0 Å². The largest absolute Gasteiger partial charge is 0.275 e. The average molecular weight is 291 g/mol. The zero-order chi connectivity index (χ0) is 11.6. The minimum atomic E-state index is 0.391. The summed E-state index contributed by atoms with van der Waals surface area (Å²) in [4.78, 5) is 6.00. The summed E-state index contributed by atoms with van der Waals surface area (Å²) in [6, 6.07) is 0. The highest BCUT2D eigenvalue weighted by atomic mass is 32.2. The SMILES string of the molecule is C1CSC(N2CCSCC2)(N2CCSCC2)C1. The molecule has 3 fully saturated rings. The molecule has 0 radical (unpaired) electrons. The van der Waals surface area contributed by atoms with E-state index < -0.39 is 0 Å². The first-order valence-electron chi connectivity index (χ1n) is 6.71. The Hall–Kier alpha value is 0.970. The number of thioether (sulfide) groups is 3. The van der Waals surface area contributed by atoms with Gasteiger partial charge >= 0.3 is 0 Å². The van der Waals surface area contributed by atoms with Gasteiger partial charge in [-0.1, -0.05) is 0 Å². The van der Waals surface area contributed by atoms with E-state index in [1.54, 1.807) is 0 Å². The van der Waals surface area contributed by atoms with Gasteiger partial charge in [-0.3, -0.25) is 9.80 Å². The zero-order valence-corrected chi connectivity index (χ0v) is 12.8. The second-order valence-electron chi connectivity index (χ2n) is 4.89. The summed E-state index contributed by atoms with van der Waals surface area (Å²) in [6.07, 6.45) is 2.81. The third-order valence-electron chi connectivity index (χ3n) is 3.99. The monoisotopic (exact) mass is 290 g/mol. The number of rotatable bonds is 2. The summed E-state index contributed by atoms with van der Waals surface area (Å²) in [5, 5.41) is 0. The van der Waals surface area contributed by atoms with Crippen molar-refractivity contribution in [1.82, 2.24) is 9.80 Å². The maximum atomic E-state index is 2.80. The van der Waals surface area contributed by atoms with Gasteiger partial charge in [-0.25, -0.2) is 0 Å². The van der Waals surface area contributed by atoms with Gasteiger partial charge in [0.05, 0.1) is 0 Å². The van der Waals surface area contributed by atoms with Crippen LogP contribution in [-0.2, 0) is 0 Å². The highest BCUT2D eigenvalue weighted by Gasteiger charge is 2.45. The molecule has 0 aromatic carbocycles. The molecule has 0 spiro atoms. The second kappa shape index (κ2) is 5.95. The molecule has 98 valence electrons. The topological polar surface area (TPSA) is 6.48 Å². The molecule has 0 saturated carbocycles. The van der Waals surface area contributed by atoms with Gasteiger partial charge in [-0.05, 0) is 18.6 Å². The highest BCUT2D eigenvalue weighted by Crippen LogP contribution is 2.45. The maximum absolute atomic E-state index is 2.80. The Kier molecular flexibility index (Phi) is 4.54. The van der Waals surface area contributed by atoms with E-state index in [0.29, 0.717) is 4.99 Å². The van der Waals surface area contributed by atoms with Crippen molar-refractivity contribution in [3.8, 4) is 0 Å². The molecule has 3 aliphatic heterocycles. The van der Waals surface area contributed by atoms with E-state index in [2.05, 4.69) is 45.1 Å². The van der Waals surface area contributed by atoms with Gasteiger partial charge in [0.15, 0.2) is 0 Å². The molecule has 3 saturated heterocycles. The number of hydrogen-bond acceptors (Lipinski definition) is 5. The van der Waals surface area contributed by atoms with Crippen LogP contribution in [0.15, 0.2) is 0 Å². The van der Waals surface area contributed by atoms with Crippen LogP contribution in [0.5, 0.6) is 0 Å². The van der Waals surface area contributed by atoms with Crippen LogP contribution in [0.25, 0.3) is 0 Å². The van der Waals surface area contributed by atoms with Gasteiger partial charge in [0.2, 0.25) is 0 Å². The van der Waals surface area contributed by atoms with Crippen LogP contribution in [0.4, 0.5) is 0 Å². The fraction of sp³-hybridized carbons (Fsp3) is 1.00. The molecule has 0 aromatic heterocycles. The van der Waals surface area contributed by atoms with E-state index in [9.17, 15) is 0 Å². The Bertz CT molecular complexity index is 224. The van der Waals surface area contributed by atoms with Gasteiger partial charge in [-0.2, -0.15) is 23.5 Å². The molecule has 0 atom stereocenters.